The highest BCUT2D eigenvalue weighted by molar-refractivity contribution is 5.51. The van der Waals surface area contributed by atoms with Crippen LogP contribution >= 0.6 is 0 Å². The van der Waals surface area contributed by atoms with Gasteiger partial charge in [-0.05, 0) is 56.3 Å². The molecule has 2 aromatic heterocycles. The minimum absolute atomic E-state index is 0.759. The van der Waals surface area contributed by atoms with Crippen LogP contribution in [0.3, 0.4) is 0 Å². The maximum atomic E-state index is 4.29. The zero-order valence-corrected chi connectivity index (χ0v) is 11.9. The predicted molar refractivity (Wildman–Crippen MR) is 78.9 cm³/mol. The first-order chi connectivity index (χ1) is 9.79. The molecule has 0 bridgehead atoms. The Hall–Kier alpha value is -1.62. The molecule has 5 heteroatoms. The normalized spacial score (nSPS) is 23.6. The van der Waals surface area contributed by atoms with E-state index in [4.69, 9.17) is 0 Å². The van der Waals surface area contributed by atoms with E-state index in [2.05, 4.69) is 39.4 Å². The van der Waals surface area contributed by atoms with Crippen molar-refractivity contribution in [3.63, 3.8) is 0 Å². The third kappa shape index (κ3) is 2.26. The first-order valence-corrected chi connectivity index (χ1v) is 7.58. The molecule has 2 aliphatic rings. The minimum Gasteiger partial charge on any atom is -0.370 e. The second kappa shape index (κ2) is 4.74. The summed E-state index contributed by atoms with van der Waals surface area (Å²) in [5, 5.41) is 7.86. The molecule has 1 aliphatic heterocycles. The van der Waals surface area contributed by atoms with Crippen molar-refractivity contribution >= 4 is 11.5 Å². The van der Waals surface area contributed by atoms with E-state index in [1.54, 1.807) is 6.33 Å². The van der Waals surface area contributed by atoms with Crippen molar-refractivity contribution in [1.82, 2.24) is 19.5 Å². The summed E-state index contributed by atoms with van der Waals surface area (Å²) < 4.78 is 1.89. The average molecular weight is 271 g/mol. The SMILES string of the molecule is Cc1cc(NCC2CCN(C3CC3)C2)n2ncnc2c1. The highest BCUT2D eigenvalue weighted by Crippen LogP contribution is 2.31. The van der Waals surface area contributed by atoms with E-state index < -0.39 is 0 Å². The average Bonchev–Trinajstić information content (AvgIpc) is 2.99. The second-order valence-corrected chi connectivity index (χ2v) is 6.21. The molecule has 1 aliphatic carbocycles. The number of aryl methyl sites for hydroxylation is 1. The van der Waals surface area contributed by atoms with Crippen molar-refractivity contribution in [2.24, 2.45) is 5.92 Å². The lowest BCUT2D eigenvalue weighted by Gasteiger charge is -2.16. The Labute approximate surface area is 119 Å². The molecule has 1 saturated heterocycles. The van der Waals surface area contributed by atoms with Crippen molar-refractivity contribution in [2.45, 2.75) is 32.2 Å². The number of rotatable bonds is 4. The molecular weight excluding hydrogens is 250 g/mol. The molecule has 1 saturated carbocycles. The number of hydrogen-bond acceptors (Lipinski definition) is 4. The van der Waals surface area contributed by atoms with E-state index in [1.165, 1.54) is 37.9 Å². The third-order valence-electron chi connectivity index (χ3n) is 4.48. The molecule has 3 heterocycles. The van der Waals surface area contributed by atoms with Gasteiger partial charge in [0.2, 0.25) is 0 Å². The number of aromatic nitrogens is 3. The number of likely N-dealkylation sites (tertiary alicyclic amines) is 1. The zero-order chi connectivity index (χ0) is 13.5. The van der Waals surface area contributed by atoms with Crippen LogP contribution in [0.1, 0.15) is 24.8 Å². The molecule has 1 unspecified atom stereocenters. The lowest BCUT2D eigenvalue weighted by molar-refractivity contribution is 0.316. The van der Waals surface area contributed by atoms with Crippen LogP contribution in [0.25, 0.3) is 5.65 Å². The molecule has 2 fully saturated rings. The maximum absolute atomic E-state index is 4.29. The van der Waals surface area contributed by atoms with E-state index >= 15 is 0 Å². The highest BCUT2D eigenvalue weighted by Gasteiger charge is 2.34. The molecule has 106 valence electrons. The highest BCUT2D eigenvalue weighted by atomic mass is 15.3. The minimum atomic E-state index is 0.759. The van der Waals surface area contributed by atoms with Crippen LogP contribution in [-0.2, 0) is 0 Å². The third-order valence-corrected chi connectivity index (χ3v) is 4.48. The van der Waals surface area contributed by atoms with Crippen LogP contribution in [0.2, 0.25) is 0 Å². The van der Waals surface area contributed by atoms with Crippen LogP contribution in [0.4, 0.5) is 5.82 Å². The fourth-order valence-electron chi connectivity index (χ4n) is 3.23. The number of pyridine rings is 1. The standard InChI is InChI=1S/C15H21N5/c1-11-6-14(20-15(7-11)17-10-18-20)16-8-12-4-5-19(9-12)13-2-3-13/h6-7,10,12-13,16H,2-5,8-9H2,1H3. The van der Waals surface area contributed by atoms with Gasteiger partial charge in [-0.2, -0.15) is 9.61 Å². The van der Waals surface area contributed by atoms with E-state index in [9.17, 15) is 0 Å². The Morgan fingerprint density at radius 2 is 2.20 bits per heavy atom. The molecule has 20 heavy (non-hydrogen) atoms. The van der Waals surface area contributed by atoms with Gasteiger partial charge >= 0.3 is 0 Å². The summed E-state index contributed by atoms with van der Waals surface area (Å²) in [7, 11) is 0. The number of anilines is 1. The van der Waals surface area contributed by atoms with Crippen LogP contribution < -0.4 is 5.32 Å². The first kappa shape index (κ1) is 12.1. The molecule has 0 spiro atoms. The van der Waals surface area contributed by atoms with Gasteiger partial charge in [0.1, 0.15) is 12.1 Å². The van der Waals surface area contributed by atoms with E-state index in [0.29, 0.717) is 0 Å². The molecular formula is C15H21N5. The topological polar surface area (TPSA) is 45.5 Å². The monoisotopic (exact) mass is 271 g/mol. The van der Waals surface area contributed by atoms with Gasteiger partial charge in [0.05, 0.1) is 0 Å². The van der Waals surface area contributed by atoms with Crippen molar-refractivity contribution in [3.8, 4) is 0 Å². The van der Waals surface area contributed by atoms with Gasteiger partial charge in [0.25, 0.3) is 0 Å². The smallest absolute Gasteiger partial charge is 0.157 e. The fraction of sp³-hybridized carbons (Fsp3) is 0.600. The summed E-state index contributed by atoms with van der Waals surface area (Å²) in [5.41, 5.74) is 2.14. The van der Waals surface area contributed by atoms with Crippen LogP contribution in [0, 0.1) is 12.8 Å². The van der Waals surface area contributed by atoms with Crippen molar-refractivity contribution in [1.29, 1.82) is 0 Å². The molecule has 1 N–H and O–H groups in total. The summed E-state index contributed by atoms with van der Waals surface area (Å²) in [4.78, 5) is 6.93. The van der Waals surface area contributed by atoms with Gasteiger partial charge in [-0.15, -0.1) is 0 Å². The predicted octanol–water partition coefficient (Wildman–Crippen LogP) is 1.93. The zero-order valence-electron chi connectivity index (χ0n) is 11.9. The summed E-state index contributed by atoms with van der Waals surface area (Å²) >= 11 is 0. The molecule has 5 nitrogen and oxygen atoms in total. The van der Waals surface area contributed by atoms with E-state index in [1.807, 2.05) is 4.52 Å². The van der Waals surface area contributed by atoms with Crippen LogP contribution in [0.5, 0.6) is 0 Å². The molecule has 1 atom stereocenters. The summed E-state index contributed by atoms with van der Waals surface area (Å²) in [6, 6.07) is 5.11. The van der Waals surface area contributed by atoms with Crippen molar-refractivity contribution < 1.29 is 0 Å². The summed E-state index contributed by atoms with van der Waals surface area (Å²) in [6.07, 6.45) is 5.76. The van der Waals surface area contributed by atoms with Gasteiger partial charge in [-0.3, -0.25) is 0 Å². The number of hydrogen-bond donors (Lipinski definition) is 1. The van der Waals surface area contributed by atoms with Gasteiger partial charge in [0, 0.05) is 19.1 Å². The molecule has 0 aromatic carbocycles. The summed E-state index contributed by atoms with van der Waals surface area (Å²) in [6.45, 7) is 5.67. The molecule has 0 radical (unpaired) electrons. The van der Waals surface area contributed by atoms with Crippen LogP contribution in [-0.4, -0.2) is 45.2 Å². The maximum Gasteiger partial charge on any atom is 0.157 e. The van der Waals surface area contributed by atoms with Crippen molar-refractivity contribution in [3.05, 3.63) is 24.0 Å². The lowest BCUT2D eigenvalue weighted by Crippen LogP contribution is -2.25. The van der Waals surface area contributed by atoms with Gasteiger partial charge in [-0.1, -0.05) is 0 Å². The quantitative estimate of drug-likeness (QED) is 0.923. The van der Waals surface area contributed by atoms with E-state index in [0.717, 1.165) is 30.0 Å². The van der Waals surface area contributed by atoms with Gasteiger partial charge in [-0.25, -0.2) is 4.98 Å². The molecule has 0 amide bonds. The Morgan fingerprint density at radius 3 is 3.05 bits per heavy atom. The second-order valence-electron chi connectivity index (χ2n) is 6.21. The van der Waals surface area contributed by atoms with Crippen LogP contribution in [0.15, 0.2) is 18.5 Å². The number of nitrogens with zero attached hydrogens (tertiary/aromatic N) is 4. The molecule has 2 aromatic rings. The van der Waals surface area contributed by atoms with Gasteiger partial charge in [0.15, 0.2) is 5.65 Å². The molecule has 4 rings (SSSR count). The Balaban J connectivity index is 1.44. The Bertz CT molecular complexity index is 616. The number of fused-ring (bicyclic) bond motifs is 1. The largest absolute Gasteiger partial charge is 0.370 e. The van der Waals surface area contributed by atoms with E-state index in [-0.39, 0.29) is 0 Å². The number of nitrogens with one attached hydrogen (secondary N) is 1. The lowest BCUT2D eigenvalue weighted by atomic mass is 10.1. The summed E-state index contributed by atoms with van der Waals surface area (Å²) in [5.74, 6) is 1.82. The first-order valence-electron chi connectivity index (χ1n) is 7.58. The fourth-order valence-corrected chi connectivity index (χ4v) is 3.23. The van der Waals surface area contributed by atoms with Crippen molar-refractivity contribution in [2.75, 3.05) is 25.0 Å². The van der Waals surface area contributed by atoms with Gasteiger partial charge < -0.3 is 10.2 Å². The Morgan fingerprint density at radius 1 is 1.30 bits per heavy atom. The Kier molecular flexibility index (Phi) is 2.88.